The third-order valence-electron chi connectivity index (χ3n) is 9.86. The van der Waals surface area contributed by atoms with Crippen molar-refractivity contribution in [2.45, 2.75) is 82.0 Å². The Morgan fingerprint density at radius 3 is 2.58 bits per heavy atom. The summed E-state index contributed by atoms with van der Waals surface area (Å²) in [6.07, 6.45) is 9.17. The molecular formula is C33H33Cl2N3O4S. The van der Waals surface area contributed by atoms with Crippen LogP contribution in [0.2, 0.25) is 10.0 Å². The number of esters is 1. The van der Waals surface area contributed by atoms with E-state index < -0.39 is 0 Å². The van der Waals surface area contributed by atoms with Crippen LogP contribution >= 0.6 is 34.5 Å². The molecule has 4 aromatic rings. The van der Waals surface area contributed by atoms with Crippen LogP contribution in [0.5, 0.6) is 0 Å². The van der Waals surface area contributed by atoms with Gasteiger partial charge in [0.1, 0.15) is 11.5 Å². The van der Waals surface area contributed by atoms with Gasteiger partial charge in [-0.1, -0.05) is 58.6 Å². The second-order valence-corrected chi connectivity index (χ2v) is 14.3. The molecule has 10 heteroatoms. The zero-order valence-corrected chi connectivity index (χ0v) is 26.3. The molecule has 0 unspecified atom stereocenters. The highest BCUT2D eigenvalue weighted by Gasteiger charge is 2.47. The third kappa shape index (κ3) is 4.95. The number of hydrogen-bond donors (Lipinski definition) is 0. The van der Waals surface area contributed by atoms with Crippen LogP contribution in [0, 0.1) is 5.92 Å². The first-order valence-corrected chi connectivity index (χ1v) is 16.9. The van der Waals surface area contributed by atoms with Gasteiger partial charge < -0.3 is 18.9 Å². The number of rotatable bonds is 8. The molecule has 0 spiro atoms. The minimum atomic E-state index is -0.283. The summed E-state index contributed by atoms with van der Waals surface area (Å²) in [5.74, 6) is 1.90. The van der Waals surface area contributed by atoms with Crippen molar-refractivity contribution in [3.63, 3.8) is 0 Å². The third-order valence-corrected chi connectivity index (χ3v) is 11.5. The van der Waals surface area contributed by atoms with Crippen LogP contribution in [0.1, 0.15) is 90.4 Å². The Kier molecular flexibility index (Phi) is 7.17. The molecule has 0 radical (unpaired) electrons. The van der Waals surface area contributed by atoms with Crippen LogP contribution in [0.15, 0.2) is 34.9 Å². The standard InChI is InChI=1S/C33H33Cl2N3O4S/c1-40-32(39)19-12-22(17-5-2-3-6-17)29-27(13-19)43-33(36-29)38-15-20-11-21(38)14-26(20)41-16-23-30(37-42-31(23)18-9-10-18)28-24(34)7-4-8-25(28)35/h4,7-8,12-13,17-18,20-21,26H,2-3,5-6,9-11,14-16H2,1H3/t20-,21-,26+/m1/s1. The van der Waals surface area contributed by atoms with Crippen molar-refractivity contribution in [2.24, 2.45) is 5.92 Å². The summed E-state index contributed by atoms with van der Waals surface area (Å²) in [5.41, 5.74) is 5.27. The van der Waals surface area contributed by atoms with E-state index in [9.17, 15) is 4.79 Å². The number of ether oxygens (including phenoxy) is 2. The maximum Gasteiger partial charge on any atom is 0.337 e. The van der Waals surface area contributed by atoms with Crippen LogP contribution < -0.4 is 4.90 Å². The van der Waals surface area contributed by atoms with Gasteiger partial charge in [-0.2, -0.15) is 0 Å². The average molecular weight is 639 g/mol. The van der Waals surface area contributed by atoms with E-state index in [1.54, 1.807) is 11.3 Å². The maximum absolute atomic E-state index is 12.5. The lowest BCUT2D eigenvalue weighted by molar-refractivity contribution is 0.0122. The van der Waals surface area contributed by atoms with Gasteiger partial charge in [0, 0.05) is 35.5 Å². The van der Waals surface area contributed by atoms with Crippen molar-refractivity contribution in [1.29, 1.82) is 0 Å². The Hall–Kier alpha value is -2.65. The number of hydrogen-bond acceptors (Lipinski definition) is 8. The van der Waals surface area contributed by atoms with E-state index in [2.05, 4.69) is 10.1 Å². The SMILES string of the molecule is COC(=O)c1cc(C2CCCC2)c2nc(N3C[C@H]4C[C@@H]3C[C@@H]4OCc3c(-c4c(Cl)cccc4Cl)noc3C3CC3)sc2c1. The van der Waals surface area contributed by atoms with Gasteiger partial charge in [0.05, 0.1) is 45.6 Å². The lowest BCUT2D eigenvalue weighted by Crippen LogP contribution is -2.38. The molecule has 3 aliphatic carbocycles. The number of nitrogens with zero attached hydrogens (tertiary/aromatic N) is 3. The molecule has 43 heavy (non-hydrogen) atoms. The first-order chi connectivity index (χ1) is 21.0. The number of halogens is 2. The number of aromatic nitrogens is 2. The summed E-state index contributed by atoms with van der Waals surface area (Å²) in [4.78, 5) is 20.2. The van der Waals surface area contributed by atoms with Crippen LogP contribution in [0.25, 0.3) is 21.5 Å². The van der Waals surface area contributed by atoms with E-state index in [1.807, 2.05) is 30.3 Å². The maximum atomic E-state index is 12.5. The van der Waals surface area contributed by atoms with E-state index in [0.717, 1.165) is 71.7 Å². The number of carbonyl (C=O) groups is 1. The summed E-state index contributed by atoms with van der Waals surface area (Å²) in [6, 6.07) is 9.87. The largest absolute Gasteiger partial charge is 0.465 e. The van der Waals surface area contributed by atoms with Gasteiger partial charge in [-0.25, -0.2) is 9.78 Å². The van der Waals surface area contributed by atoms with Crippen molar-refractivity contribution in [3.8, 4) is 11.3 Å². The summed E-state index contributed by atoms with van der Waals surface area (Å²) in [7, 11) is 1.45. The number of methoxy groups -OCH3 is 1. The van der Waals surface area contributed by atoms with E-state index in [0.29, 0.717) is 57.3 Å². The zero-order chi connectivity index (χ0) is 29.2. The minimum absolute atomic E-state index is 0.159. The van der Waals surface area contributed by atoms with Gasteiger partial charge in [-0.05, 0) is 74.3 Å². The first kappa shape index (κ1) is 27.9. The van der Waals surface area contributed by atoms with Crippen LogP contribution in [0.3, 0.4) is 0 Å². The minimum Gasteiger partial charge on any atom is -0.465 e. The molecule has 1 saturated heterocycles. The average Bonchev–Trinajstić information content (AvgIpc) is 3.52. The summed E-state index contributed by atoms with van der Waals surface area (Å²) in [6.45, 7) is 1.35. The summed E-state index contributed by atoms with van der Waals surface area (Å²) >= 11 is 14.8. The van der Waals surface area contributed by atoms with Crippen molar-refractivity contribution in [2.75, 3.05) is 18.6 Å². The smallest absolute Gasteiger partial charge is 0.337 e. The van der Waals surface area contributed by atoms with Crippen molar-refractivity contribution in [3.05, 3.63) is 62.8 Å². The van der Waals surface area contributed by atoms with Crippen molar-refractivity contribution in [1.82, 2.24) is 10.1 Å². The Bertz CT molecular complexity index is 1690. The molecule has 2 aromatic carbocycles. The fourth-order valence-corrected chi connectivity index (χ4v) is 9.23. The van der Waals surface area contributed by atoms with E-state index in [4.69, 9.17) is 42.2 Å². The number of anilines is 1. The first-order valence-electron chi connectivity index (χ1n) is 15.3. The Balaban J connectivity index is 1.02. The molecule has 2 bridgehead atoms. The van der Waals surface area contributed by atoms with Crippen LogP contribution in [-0.2, 0) is 16.1 Å². The molecule has 3 saturated carbocycles. The predicted octanol–water partition coefficient (Wildman–Crippen LogP) is 8.76. The highest BCUT2D eigenvalue weighted by molar-refractivity contribution is 7.22. The Morgan fingerprint density at radius 1 is 1.09 bits per heavy atom. The number of benzene rings is 2. The number of fused-ring (bicyclic) bond motifs is 3. The van der Waals surface area contributed by atoms with E-state index in [1.165, 1.54) is 25.5 Å². The highest BCUT2D eigenvalue weighted by Crippen LogP contribution is 2.49. The molecule has 3 heterocycles. The molecule has 0 amide bonds. The number of carbonyl (C=O) groups excluding carboxylic acids is 1. The normalized spacial score (nSPS) is 23.6. The molecule has 7 nitrogen and oxygen atoms in total. The lowest BCUT2D eigenvalue weighted by atomic mass is 9.95. The summed E-state index contributed by atoms with van der Waals surface area (Å²) in [5, 5.41) is 6.60. The van der Waals surface area contributed by atoms with E-state index in [-0.39, 0.29) is 12.1 Å². The molecule has 2 aromatic heterocycles. The van der Waals surface area contributed by atoms with Gasteiger partial charge in [-0.15, -0.1) is 0 Å². The quantitative estimate of drug-likeness (QED) is 0.179. The molecule has 4 fully saturated rings. The molecule has 4 aliphatic rings. The molecule has 3 atom stereocenters. The Labute approximate surface area is 264 Å². The molecule has 1 aliphatic heterocycles. The predicted molar refractivity (Wildman–Crippen MR) is 169 cm³/mol. The van der Waals surface area contributed by atoms with Crippen LogP contribution in [0.4, 0.5) is 5.13 Å². The summed E-state index contributed by atoms with van der Waals surface area (Å²) < 4.78 is 18.6. The topological polar surface area (TPSA) is 77.7 Å². The fraction of sp³-hybridized carbons (Fsp3) is 0.485. The second-order valence-electron chi connectivity index (χ2n) is 12.5. The van der Waals surface area contributed by atoms with Gasteiger partial charge in [0.15, 0.2) is 5.13 Å². The second kappa shape index (κ2) is 11.1. The Morgan fingerprint density at radius 2 is 1.88 bits per heavy atom. The molecule has 224 valence electrons. The van der Waals surface area contributed by atoms with Crippen LogP contribution in [-0.4, -0.2) is 41.9 Å². The van der Waals surface area contributed by atoms with E-state index >= 15 is 0 Å². The molecule has 8 rings (SSSR count). The lowest BCUT2D eigenvalue weighted by Gasteiger charge is -2.31. The number of piperidine rings is 1. The van der Waals surface area contributed by atoms with Gasteiger partial charge in [0.2, 0.25) is 0 Å². The van der Waals surface area contributed by atoms with Gasteiger partial charge >= 0.3 is 5.97 Å². The monoisotopic (exact) mass is 637 g/mol. The van der Waals surface area contributed by atoms with Crippen molar-refractivity contribution >= 4 is 55.9 Å². The van der Waals surface area contributed by atoms with Gasteiger partial charge in [0.25, 0.3) is 0 Å². The van der Waals surface area contributed by atoms with Crippen molar-refractivity contribution < 1.29 is 18.8 Å². The molecule has 0 N–H and O–H groups in total. The highest BCUT2D eigenvalue weighted by atomic mass is 35.5. The number of thiazole rings is 1. The molecular weight excluding hydrogens is 605 g/mol. The van der Waals surface area contributed by atoms with Gasteiger partial charge in [-0.3, -0.25) is 0 Å². The fourth-order valence-electron chi connectivity index (χ4n) is 7.53. The zero-order valence-electron chi connectivity index (χ0n) is 24.0.